The van der Waals surface area contributed by atoms with Crippen molar-refractivity contribution < 1.29 is 9.15 Å². The van der Waals surface area contributed by atoms with Gasteiger partial charge in [0.25, 0.3) is 0 Å². The van der Waals surface area contributed by atoms with Crippen LogP contribution in [0.2, 0.25) is 0 Å². The Labute approximate surface area is 165 Å². The van der Waals surface area contributed by atoms with E-state index in [-0.39, 0.29) is 0 Å². The molecular formula is C22H24N2O2S. The zero-order valence-electron chi connectivity index (χ0n) is 15.9. The van der Waals surface area contributed by atoms with Gasteiger partial charge in [0.05, 0.1) is 25.6 Å². The number of hydrogen-bond acceptors (Lipinski definition) is 3. The van der Waals surface area contributed by atoms with E-state index in [4.69, 9.17) is 21.4 Å². The van der Waals surface area contributed by atoms with Crippen LogP contribution in [-0.4, -0.2) is 17.1 Å². The number of nitrogens with one attached hydrogen (secondary N) is 1. The number of methoxy groups -OCH3 is 1. The monoisotopic (exact) mass is 380 g/mol. The molecule has 0 saturated carbocycles. The van der Waals surface area contributed by atoms with Crippen LogP contribution in [0.5, 0.6) is 5.75 Å². The van der Waals surface area contributed by atoms with E-state index in [0.717, 1.165) is 22.8 Å². The fourth-order valence-corrected chi connectivity index (χ4v) is 3.04. The van der Waals surface area contributed by atoms with Gasteiger partial charge in [0.1, 0.15) is 11.5 Å². The van der Waals surface area contributed by atoms with E-state index < -0.39 is 0 Å². The van der Waals surface area contributed by atoms with Crippen LogP contribution >= 0.6 is 12.2 Å². The van der Waals surface area contributed by atoms with Gasteiger partial charge in [-0.2, -0.15) is 0 Å². The highest BCUT2D eigenvalue weighted by Crippen LogP contribution is 2.26. The van der Waals surface area contributed by atoms with E-state index in [1.165, 1.54) is 11.1 Å². The fourth-order valence-electron chi connectivity index (χ4n) is 2.80. The average Bonchev–Trinajstić information content (AvgIpc) is 3.17. The number of hydrogen-bond donors (Lipinski definition) is 1. The van der Waals surface area contributed by atoms with Crippen LogP contribution < -0.4 is 10.1 Å². The van der Waals surface area contributed by atoms with Crippen molar-refractivity contribution in [2.45, 2.75) is 26.9 Å². The lowest BCUT2D eigenvalue weighted by Gasteiger charge is -2.26. The van der Waals surface area contributed by atoms with Crippen molar-refractivity contribution in [1.82, 2.24) is 4.90 Å². The Bertz CT molecular complexity index is 889. The molecule has 1 N–H and O–H groups in total. The number of benzene rings is 2. The number of aryl methyl sites for hydroxylation is 2. The highest BCUT2D eigenvalue weighted by atomic mass is 32.1. The average molecular weight is 381 g/mol. The zero-order valence-corrected chi connectivity index (χ0v) is 16.7. The van der Waals surface area contributed by atoms with Crippen molar-refractivity contribution in [3.8, 4) is 5.75 Å². The van der Waals surface area contributed by atoms with Gasteiger partial charge in [0.2, 0.25) is 0 Å². The van der Waals surface area contributed by atoms with Gasteiger partial charge in [0.15, 0.2) is 5.11 Å². The summed E-state index contributed by atoms with van der Waals surface area (Å²) in [7, 11) is 1.66. The van der Waals surface area contributed by atoms with Crippen LogP contribution in [0.4, 0.5) is 5.69 Å². The number of ether oxygens (including phenoxy) is 1. The van der Waals surface area contributed by atoms with Crippen LogP contribution in [0.15, 0.2) is 65.3 Å². The topological polar surface area (TPSA) is 37.6 Å². The van der Waals surface area contributed by atoms with Crippen molar-refractivity contribution in [2.24, 2.45) is 0 Å². The molecule has 0 saturated heterocycles. The normalized spacial score (nSPS) is 10.5. The van der Waals surface area contributed by atoms with E-state index in [1.807, 2.05) is 37.3 Å². The lowest BCUT2D eigenvalue weighted by molar-refractivity contribution is 0.360. The number of thiocarbonyl (C=S) groups is 1. The zero-order chi connectivity index (χ0) is 19.2. The van der Waals surface area contributed by atoms with Crippen LogP contribution in [0.1, 0.15) is 22.5 Å². The molecule has 0 atom stereocenters. The summed E-state index contributed by atoms with van der Waals surface area (Å²) in [4.78, 5) is 2.08. The molecule has 0 radical (unpaired) electrons. The Morgan fingerprint density at radius 2 is 1.78 bits per heavy atom. The molecule has 0 aliphatic rings. The lowest BCUT2D eigenvalue weighted by Crippen LogP contribution is -2.33. The van der Waals surface area contributed by atoms with Gasteiger partial charge >= 0.3 is 0 Å². The molecule has 0 aliphatic heterocycles. The Hall–Kier alpha value is -2.79. The predicted molar refractivity (Wildman–Crippen MR) is 113 cm³/mol. The van der Waals surface area contributed by atoms with E-state index in [1.54, 1.807) is 13.4 Å². The molecule has 4 nitrogen and oxygen atoms in total. The first kappa shape index (κ1) is 19.0. The summed E-state index contributed by atoms with van der Waals surface area (Å²) < 4.78 is 11.0. The molecule has 140 valence electrons. The molecule has 0 fully saturated rings. The van der Waals surface area contributed by atoms with Crippen LogP contribution in [0, 0.1) is 13.8 Å². The van der Waals surface area contributed by atoms with Gasteiger partial charge in [0, 0.05) is 6.54 Å². The second kappa shape index (κ2) is 8.73. The summed E-state index contributed by atoms with van der Waals surface area (Å²) in [5, 5.41) is 3.94. The maximum Gasteiger partial charge on any atom is 0.174 e. The first-order chi connectivity index (χ1) is 13.0. The summed E-state index contributed by atoms with van der Waals surface area (Å²) in [6.07, 6.45) is 1.68. The Morgan fingerprint density at radius 3 is 2.44 bits per heavy atom. The number of rotatable bonds is 6. The molecule has 0 bridgehead atoms. The quantitative estimate of drug-likeness (QED) is 0.587. The molecule has 2 aromatic carbocycles. The van der Waals surface area contributed by atoms with Gasteiger partial charge in [-0.05, 0) is 61.5 Å². The Morgan fingerprint density at radius 1 is 1.04 bits per heavy atom. The SMILES string of the molecule is COc1cc(C)ccc1NC(=S)N(Cc1ccc(C)cc1)Cc1ccco1. The molecule has 1 heterocycles. The molecule has 0 amide bonds. The first-order valence-electron chi connectivity index (χ1n) is 8.83. The Kier molecular flexibility index (Phi) is 6.14. The standard InChI is InChI=1S/C22H24N2O2S/c1-16-6-9-18(10-7-16)14-24(15-19-5-4-12-26-19)22(27)23-20-11-8-17(2)13-21(20)25-3/h4-13H,14-15H2,1-3H3,(H,23,27). The van der Waals surface area contributed by atoms with E-state index in [9.17, 15) is 0 Å². The lowest BCUT2D eigenvalue weighted by atomic mass is 10.1. The first-order valence-corrected chi connectivity index (χ1v) is 9.24. The fraction of sp³-hybridized carbons (Fsp3) is 0.227. The third-order valence-electron chi connectivity index (χ3n) is 4.31. The maximum atomic E-state index is 5.71. The van der Waals surface area contributed by atoms with E-state index >= 15 is 0 Å². The highest BCUT2D eigenvalue weighted by Gasteiger charge is 2.15. The maximum absolute atomic E-state index is 5.71. The number of furan rings is 1. The molecule has 5 heteroatoms. The van der Waals surface area contributed by atoms with Crippen molar-refractivity contribution in [1.29, 1.82) is 0 Å². The third-order valence-corrected chi connectivity index (χ3v) is 4.67. The molecule has 0 unspecified atom stereocenters. The summed E-state index contributed by atoms with van der Waals surface area (Å²) in [5.74, 6) is 1.63. The summed E-state index contributed by atoms with van der Waals surface area (Å²) in [5.41, 5.74) is 4.41. The van der Waals surface area contributed by atoms with Gasteiger partial charge in [-0.15, -0.1) is 0 Å². The van der Waals surface area contributed by atoms with Crippen molar-refractivity contribution >= 4 is 23.0 Å². The predicted octanol–water partition coefficient (Wildman–Crippen LogP) is 5.30. The minimum Gasteiger partial charge on any atom is -0.495 e. The third kappa shape index (κ3) is 5.11. The number of nitrogens with zero attached hydrogens (tertiary/aromatic N) is 1. The molecule has 3 aromatic rings. The second-order valence-corrected chi connectivity index (χ2v) is 6.94. The summed E-state index contributed by atoms with van der Waals surface area (Å²) in [6, 6.07) is 18.3. The molecule has 27 heavy (non-hydrogen) atoms. The van der Waals surface area contributed by atoms with Crippen molar-refractivity contribution in [3.63, 3.8) is 0 Å². The smallest absolute Gasteiger partial charge is 0.174 e. The van der Waals surface area contributed by atoms with Gasteiger partial charge in [-0.3, -0.25) is 0 Å². The van der Waals surface area contributed by atoms with Crippen LogP contribution in [0.3, 0.4) is 0 Å². The summed E-state index contributed by atoms with van der Waals surface area (Å²) >= 11 is 5.71. The van der Waals surface area contributed by atoms with Crippen LogP contribution in [-0.2, 0) is 13.1 Å². The van der Waals surface area contributed by atoms with E-state index in [2.05, 4.69) is 41.4 Å². The van der Waals surface area contributed by atoms with Crippen molar-refractivity contribution in [3.05, 3.63) is 83.3 Å². The van der Waals surface area contributed by atoms with Crippen molar-refractivity contribution in [2.75, 3.05) is 12.4 Å². The largest absolute Gasteiger partial charge is 0.495 e. The molecule has 0 spiro atoms. The molecule has 0 aliphatic carbocycles. The van der Waals surface area contributed by atoms with E-state index in [0.29, 0.717) is 18.2 Å². The molecule has 1 aromatic heterocycles. The van der Waals surface area contributed by atoms with Gasteiger partial charge in [-0.1, -0.05) is 35.9 Å². The molecule has 3 rings (SSSR count). The second-order valence-electron chi connectivity index (χ2n) is 6.55. The van der Waals surface area contributed by atoms with Gasteiger partial charge in [-0.25, -0.2) is 0 Å². The highest BCUT2D eigenvalue weighted by molar-refractivity contribution is 7.80. The van der Waals surface area contributed by atoms with Crippen LogP contribution in [0.25, 0.3) is 0 Å². The Balaban J connectivity index is 1.80. The number of anilines is 1. The minimum absolute atomic E-state index is 0.584. The van der Waals surface area contributed by atoms with Gasteiger partial charge < -0.3 is 19.4 Å². The summed E-state index contributed by atoms with van der Waals surface area (Å²) in [6.45, 7) is 5.38. The minimum atomic E-state index is 0.584. The molecular weight excluding hydrogens is 356 g/mol.